The normalized spacial score (nSPS) is 11.3. The summed E-state index contributed by atoms with van der Waals surface area (Å²) in [6.07, 6.45) is 1.77. The Hall–Kier alpha value is -2.41. The molecule has 2 aromatic rings. The summed E-state index contributed by atoms with van der Waals surface area (Å²) in [4.78, 5) is 12.0. The molecule has 0 spiro atoms. The van der Waals surface area contributed by atoms with Gasteiger partial charge in [-0.15, -0.1) is 0 Å². The molecule has 7 heteroatoms. The maximum atomic E-state index is 12.9. The summed E-state index contributed by atoms with van der Waals surface area (Å²) in [7, 11) is -3.44. The van der Waals surface area contributed by atoms with Crippen molar-refractivity contribution in [1.82, 2.24) is 5.32 Å². The first-order valence-electron chi connectivity index (χ1n) is 8.72. The van der Waals surface area contributed by atoms with E-state index in [1.807, 2.05) is 32.0 Å². The van der Waals surface area contributed by atoms with Crippen molar-refractivity contribution in [2.24, 2.45) is 0 Å². The Balaban J connectivity index is 1.91. The Morgan fingerprint density at radius 3 is 2.22 bits per heavy atom. The highest BCUT2D eigenvalue weighted by molar-refractivity contribution is 7.92. The molecule has 2 aromatic carbocycles. The third-order valence-electron chi connectivity index (χ3n) is 4.06. The molecule has 2 rings (SSSR count). The van der Waals surface area contributed by atoms with Gasteiger partial charge in [0.05, 0.1) is 11.9 Å². The standard InChI is InChI=1S/C20H25FN2O3S/c1-15-11-16(2)13-19(12-15)23(27(3,25)26)10-4-5-20(24)22-14-17-6-8-18(21)9-7-17/h6-9,11-13H,4-5,10,14H2,1-3H3,(H,22,24). The van der Waals surface area contributed by atoms with E-state index in [4.69, 9.17) is 0 Å². The molecule has 0 saturated carbocycles. The highest BCUT2D eigenvalue weighted by atomic mass is 32.2. The number of anilines is 1. The lowest BCUT2D eigenvalue weighted by molar-refractivity contribution is -0.121. The number of sulfonamides is 1. The Morgan fingerprint density at radius 2 is 1.67 bits per heavy atom. The third kappa shape index (κ3) is 6.67. The van der Waals surface area contributed by atoms with Gasteiger partial charge in [-0.1, -0.05) is 18.2 Å². The van der Waals surface area contributed by atoms with Crippen LogP contribution in [0.15, 0.2) is 42.5 Å². The van der Waals surface area contributed by atoms with E-state index < -0.39 is 10.0 Å². The van der Waals surface area contributed by atoms with Crippen LogP contribution in [-0.2, 0) is 21.4 Å². The van der Waals surface area contributed by atoms with Crippen LogP contribution in [0.2, 0.25) is 0 Å². The van der Waals surface area contributed by atoms with Crippen LogP contribution < -0.4 is 9.62 Å². The van der Waals surface area contributed by atoms with Gasteiger partial charge in [-0.2, -0.15) is 0 Å². The first-order chi connectivity index (χ1) is 12.6. The Morgan fingerprint density at radius 1 is 1.07 bits per heavy atom. The second-order valence-electron chi connectivity index (χ2n) is 6.69. The van der Waals surface area contributed by atoms with Gasteiger partial charge in [-0.05, 0) is 61.2 Å². The van der Waals surface area contributed by atoms with Crippen LogP contribution in [0.1, 0.15) is 29.5 Å². The molecule has 27 heavy (non-hydrogen) atoms. The van der Waals surface area contributed by atoms with Crippen LogP contribution in [-0.4, -0.2) is 27.1 Å². The zero-order valence-electron chi connectivity index (χ0n) is 15.8. The minimum absolute atomic E-state index is 0.173. The van der Waals surface area contributed by atoms with Crippen molar-refractivity contribution in [3.8, 4) is 0 Å². The number of benzene rings is 2. The SMILES string of the molecule is Cc1cc(C)cc(N(CCCC(=O)NCc2ccc(F)cc2)S(C)(=O)=O)c1. The molecule has 0 saturated heterocycles. The molecular weight excluding hydrogens is 367 g/mol. The lowest BCUT2D eigenvalue weighted by atomic mass is 10.1. The van der Waals surface area contributed by atoms with Crippen LogP contribution >= 0.6 is 0 Å². The van der Waals surface area contributed by atoms with Gasteiger partial charge in [0.15, 0.2) is 0 Å². The van der Waals surface area contributed by atoms with Gasteiger partial charge in [-0.25, -0.2) is 12.8 Å². The van der Waals surface area contributed by atoms with E-state index in [0.29, 0.717) is 18.7 Å². The number of hydrogen-bond donors (Lipinski definition) is 1. The number of carbonyl (C=O) groups excluding carboxylic acids is 1. The van der Waals surface area contributed by atoms with Gasteiger partial charge in [-0.3, -0.25) is 9.10 Å². The molecule has 0 heterocycles. The molecule has 1 N–H and O–H groups in total. The zero-order chi connectivity index (χ0) is 20.0. The maximum absolute atomic E-state index is 12.9. The number of nitrogens with zero attached hydrogens (tertiary/aromatic N) is 1. The van der Waals surface area contributed by atoms with Crippen molar-refractivity contribution in [2.45, 2.75) is 33.2 Å². The fraction of sp³-hybridized carbons (Fsp3) is 0.350. The summed E-state index contributed by atoms with van der Waals surface area (Å²) in [6.45, 7) is 4.37. The highest BCUT2D eigenvalue weighted by Crippen LogP contribution is 2.21. The molecule has 1 amide bonds. The molecule has 146 valence electrons. The van der Waals surface area contributed by atoms with Crippen LogP contribution in [0, 0.1) is 19.7 Å². The molecule has 0 unspecified atom stereocenters. The largest absolute Gasteiger partial charge is 0.352 e. The topological polar surface area (TPSA) is 66.5 Å². The summed E-state index contributed by atoms with van der Waals surface area (Å²) in [5, 5.41) is 2.76. The van der Waals surface area contributed by atoms with E-state index in [9.17, 15) is 17.6 Å². The summed E-state index contributed by atoms with van der Waals surface area (Å²) in [5.41, 5.74) is 3.38. The van der Waals surface area contributed by atoms with E-state index >= 15 is 0 Å². The van der Waals surface area contributed by atoms with E-state index in [1.54, 1.807) is 12.1 Å². The summed E-state index contributed by atoms with van der Waals surface area (Å²) in [5.74, 6) is -0.495. The second kappa shape index (κ2) is 8.99. The predicted molar refractivity (Wildman–Crippen MR) is 106 cm³/mol. The lowest BCUT2D eigenvalue weighted by Gasteiger charge is -2.23. The first-order valence-corrected chi connectivity index (χ1v) is 10.6. The Labute approximate surface area is 160 Å². The van der Waals surface area contributed by atoms with Gasteiger partial charge in [0.2, 0.25) is 15.9 Å². The molecule has 0 radical (unpaired) electrons. The Bertz CT molecular complexity index is 876. The molecule has 0 bridgehead atoms. The fourth-order valence-corrected chi connectivity index (χ4v) is 3.80. The summed E-state index contributed by atoms with van der Waals surface area (Å²) < 4.78 is 38.5. The van der Waals surface area contributed by atoms with E-state index in [-0.39, 0.29) is 24.7 Å². The fourth-order valence-electron chi connectivity index (χ4n) is 2.86. The first kappa shape index (κ1) is 20.9. The number of rotatable bonds is 8. The number of carbonyl (C=O) groups is 1. The molecule has 0 aliphatic heterocycles. The maximum Gasteiger partial charge on any atom is 0.232 e. The molecule has 0 aliphatic carbocycles. The number of aryl methyl sites for hydroxylation is 2. The van der Waals surface area contributed by atoms with E-state index in [2.05, 4.69) is 5.32 Å². The van der Waals surface area contributed by atoms with Crippen molar-refractivity contribution in [3.63, 3.8) is 0 Å². The van der Waals surface area contributed by atoms with Gasteiger partial charge < -0.3 is 5.32 Å². The van der Waals surface area contributed by atoms with Gasteiger partial charge in [0, 0.05) is 19.5 Å². The van der Waals surface area contributed by atoms with Gasteiger partial charge in [0.25, 0.3) is 0 Å². The number of hydrogen-bond acceptors (Lipinski definition) is 3. The highest BCUT2D eigenvalue weighted by Gasteiger charge is 2.18. The molecular formula is C20H25FN2O3S. The van der Waals surface area contributed by atoms with Crippen molar-refractivity contribution < 1.29 is 17.6 Å². The van der Waals surface area contributed by atoms with Crippen LogP contribution in [0.25, 0.3) is 0 Å². The molecule has 0 aliphatic rings. The summed E-state index contributed by atoms with van der Waals surface area (Å²) in [6, 6.07) is 11.5. The molecule has 0 atom stereocenters. The second-order valence-corrected chi connectivity index (χ2v) is 8.59. The lowest BCUT2D eigenvalue weighted by Crippen LogP contribution is -2.32. The summed E-state index contributed by atoms with van der Waals surface area (Å²) >= 11 is 0. The Kier molecular flexibility index (Phi) is 6.96. The number of nitrogens with one attached hydrogen (secondary N) is 1. The number of halogens is 1. The minimum Gasteiger partial charge on any atom is -0.352 e. The van der Waals surface area contributed by atoms with E-state index in [0.717, 1.165) is 16.7 Å². The van der Waals surface area contributed by atoms with Crippen molar-refractivity contribution >= 4 is 21.6 Å². The quantitative estimate of drug-likeness (QED) is 0.750. The molecule has 0 aromatic heterocycles. The van der Waals surface area contributed by atoms with Crippen molar-refractivity contribution in [2.75, 3.05) is 17.1 Å². The van der Waals surface area contributed by atoms with Crippen LogP contribution in [0.5, 0.6) is 0 Å². The monoisotopic (exact) mass is 392 g/mol. The van der Waals surface area contributed by atoms with Crippen molar-refractivity contribution in [1.29, 1.82) is 0 Å². The zero-order valence-corrected chi connectivity index (χ0v) is 16.6. The predicted octanol–water partition coefficient (Wildman–Crippen LogP) is 3.31. The van der Waals surface area contributed by atoms with Crippen LogP contribution in [0.4, 0.5) is 10.1 Å². The van der Waals surface area contributed by atoms with Gasteiger partial charge >= 0.3 is 0 Å². The number of amides is 1. The van der Waals surface area contributed by atoms with E-state index in [1.165, 1.54) is 22.7 Å². The third-order valence-corrected chi connectivity index (χ3v) is 5.26. The smallest absolute Gasteiger partial charge is 0.232 e. The minimum atomic E-state index is -3.44. The van der Waals surface area contributed by atoms with Gasteiger partial charge in [0.1, 0.15) is 5.82 Å². The molecule has 0 fully saturated rings. The van der Waals surface area contributed by atoms with Crippen LogP contribution in [0.3, 0.4) is 0 Å². The van der Waals surface area contributed by atoms with Crippen molar-refractivity contribution in [3.05, 3.63) is 65.0 Å². The average molecular weight is 392 g/mol. The average Bonchev–Trinajstić information content (AvgIpc) is 2.56. The molecule has 5 nitrogen and oxygen atoms in total.